The van der Waals surface area contributed by atoms with Gasteiger partial charge in [-0.1, -0.05) is 0 Å². The highest BCUT2D eigenvalue weighted by molar-refractivity contribution is 5.59. The van der Waals surface area contributed by atoms with Gasteiger partial charge >= 0.3 is 0 Å². The van der Waals surface area contributed by atoms with Crippen molar-refractivity contribution in [2.75, 3.05) is 26.1 Å². The summed E-state index contributed by atoms with van der Waals surface area (Å²) >= 11 is 0. The Kier molecular flexibility index (Phi) is 4.09. The molecule has 2 N–H and O–H groups in total. The number of nitrogen functional groups attached to an aromatic ring is 1. The van der Waals surface area contributed by atoms with Crippen molar-refractivity contribution in [3.05, 3.63) is 36.7 Å². The van der Waals surface area contributed by atoms with Gasteiger partial charge in [-0.15, -0.1) is 0 Å². The van der Waals surface area contributed by atoms with Crippen LogP contribution in [0.15, 0.2) is 36.7 Å². The number of methoxy groups -OCH3 is 1. The first-order chi connectivity index (χ1) is 8.79. The molecule has 0 unspecified atom stereocenters. The zero-order valence-corrected chi connectivity index (χ0v) is 10.2. The number of nitrogens with two attached hydrogens (primary N) is 1. The van der Waals surface area contributed by atoms with E-state index in [0.717, 1.165) is 17.0 Å². The molecule has 18 heavy (non-hydrogen) atoms. The Hall–Kier alpha value is -2.14. The van der Waals surface area contributed by atoms with Crippen molar-refractivity contribution in [2.45, 2.75) is 0 Å². The van der Waals surface area contributed by atoms with Crippen LogP contribution in [0.2, 0.25) is 0 Å². The standard InChI is InChI=1S/C13H15N3O2/c1-17-6-7-18-11-4-2-10(3-5-11)12-8-16-13(14)9-15-12/h2-5,8-9H,6-7H2,1H3,(H2,14,16). The van der Waals surface area contributed by atoms with Crippen LogP contribution in [0.25, 0.3) is 11.3 Å². The summed E-state index contributed by atoms with van der Waals surface area (Å²) < 4.78 is 10.4. The monoisotopic (exact) mass is 245 g/mol. The number of hydrogen-bond acceptors (Lipinski definition) is 5. The zero-order chi connectivity index (χ0) is 12.8. The van der Waals surface area contributed by atoms with E-state index < -0.39 is 0 Å². The lowest BCUT2D eigenvalue weighted by atomic mass is 10.1. The van der Waals surface area contributed by atoms with Gasteiger partial charge in [-0.2, -0.15) is 0 Å². The molecule has 0 saturated heterocycles. The van der Waals surface area contributed by atoms with Crippen molar-refractivity contribution in [1.29, 1.82) is 0 Å². The van der Waals surface area contributed by atoms with Gasteiger partial charge in [0.25, 0.3) is 0 Å². The van der Waals surface area contributed by atoms with Crippen LogP contribution in [0.3, 0.4) is 0 Å². The lowest BCUT2D eigenvalue weighted by Crippen LogP contribution is -2.03. The molecule has 0 fully saturated rings. The predicted molar refractivity (Wildman–Crippen MR) is 69.3 cm³/mol. The average Bonchev–Trinajstić information content (AvgIpc) is 2.41. The third-order valence-corrected chi connectivity index (χ3v) is 2.38. The molecular formula is C13H15N3O2. The van der Waals surface area contributed by atoms with Crippen LogP contribution in [-0.2, 0) is 4.74 Å². The number of hydrogen-bond donors (Lipinski definition) is 1. The molecule has 0 aliphatic carbocycles. The molecule has 1 aromatic heterocycles. The van der Waals surface area contributed by atoms with Gasteiger partial charge in [0.1, 0.15) is 18.2 Å². The second-order valence-corrected chi connectivity index (χ2v) is 3.69. The van der Waals surface area contributed by atoms with Crippen LogP contribution in [0.4, 0.5) is 5.82 Å². The van der Waals surface area contributed by atoms with E-state index in [0.29, 0.717) is 19.0 Å². The van der Waals surface area contributed by atoms with E-state index in [1.54, 1.807) is 19.5 Å². The molecule has 0 spiro atoms. The highest BCUT2D eigenvalue weighted by atomic mass is 16.5. The molecule has 0 saturated carbocycles. The van der Waals surface area contributed by atoms with E-state index in [9.17, 15) is 0 Å². The molecule has 5 nitrogen and oxygen atoms in total. The summed E-state index contributed by atoms with van der Waals surface area (Å²) in [6.07, 6.45) is 3.19. The fourth-order valence-corrected chi connectivity index (χ4v) is 1.45. The number of benzene rings is 1. The largest absolute Gasteiger partial charge is 0.491 e. The minimum atomic E-state index is 0.415. The smallest absolute Gasteiger partial charge is 0.141 e. The Bertz CT molecular complexity index is 483. The Morgan fingerprint density at radius 1 is 1.06 bits per heavy atom. The maximum Gasteiger partial charge on any atom is 0.141 e. The van der Waals surface area contributed by atoms with Crippen molar-refractivity contribution in [3.63, 3.8) is 0 Å². The lowest BCUT2D eigenvalue weighted by molar-refractivity contribution is 0.146. The number of aromatic nitrogens is 2. The SMILES string of the molecule is COCCOc1ccc(-c2cnc(N)cn2)cc1. The average molecular weight is 245 g/mol. The summed E-state index contributed by atoms with van der Waals surface area (Å²) in [6, 6.07) is 7.65. The first-order valence-electron chi connectivity index (χ1n) is 5.59. The molecule has 2 aromatic rings. The Balaban J connectivity index is 2.05. The van der Waals surface area contributed by atoms with Gasteiger partial charge in [-0.3, -0.25) is 4.98 Å². The van der Waals surface area contributed by atoms with Crippen LogP contribution in [0, 0.1) is 0 Å². The molecular weight excluding hydrogens is 230 g/mol. The van der Waals surface area contributed by atoms with E-state index in [2.05, 4.69) is 9.97 Å². The molecule has 0 amide bonds. The van der Waals surface area contributed by atoms with Gasteiger partial charge in [0.15, 0.2) is 0 Å². The van der Waals surface area contributed by atoms with Crippen LogP contribution in [0.5, 0.6) is 5.75 Å². The van der Waals surface area contributed by atoms with Gasteiger partial charge in [0, 0.05) is 12.7 Å². The normalized spacial score (nSPS) is 10.3. The third kappa shape index (κ3) is 3.18. The quantitative estimate of drug-likeness (QED) is 0.813. The molecule has 0 aliphatic heterocycles. The number of nitrogens with zero attached hydrogens (tertiary/aromatic N) is 2. The van der Waals surface area contributed by atoms with E-state index in [1.807, 2.05) is 24.3 Å². The first-order valence-corrected chi connectivity index (χ1v) is 5.59. The Morgan fingerprint density at radius 3 is 2.44 bits per heavy atom. The molecule has 0 aliphatic rings. The molecule has 94 valence electrons. The van der Waals surface area contributed by atoms with Gasteiger partial charge in [-0.05, 0) is 24.3 Å². The van der Waals surface area contributed by atoms with Gasteiger partial charge in [0.05, 0.1) is 24.7 Å². The summed E-state index contributed by atoms with van der Waals surface area (Å²) in [6.45, 7) is 1.11. The van der Waals surface area contributed by atoms with E-state index in [1.165, 1.54) is 0 Å². The second kappa shape index (κ2) is 5.97. The molecule has 0 atom stereocenters. The van der Waals surface area contributed by atoms with Gasteiger partial charge < -0.3 is 15.2 Å². The topological polar surface area (TPSA) is 70.3 Å². The molecule has 0 radical (unpaired) electrons. The minimum absolute atomic E-state index is 0.415. The summed E-state index contributed by atoms with van der Waals surface area (Å²) in [5, 5.41) is 0. The fourth-order valence-electron chi connectivity index (χ4n) is 1.45. The van der Waals surface area contributed by atoms with Crippen molar-refractivity contribution in [1.82, 2.24) is 9.97 Å². The zero-order valence-electron chi connectivity index (χ0n) is 10.2. The minimum Gasteiger partial charge on any atom is -0.491 e. The van der Waals surface area contributed by atoms with Crippen LogP contribution in [0.1, 0.15) is 0 Å². The predicted octanol–water partition coefficient (Wildman–Crippen LogP) is 1.75. The molecule has 0 bridgehead atoms. The van der Waals surface area contributed by atoms with Crippen molar-refractivity contribution < 1.29 is 9.47 Å². The van der Waals surface area contributed by atoms with E-state index in [-0.39, 0.29) is 0 Å². The van der Waals surface area contributed by atoms with Crippen molar-refractivity contribution in [3.8, 4) is 17.0 Å². The van der Waals surface area contributed by atoms with Gasteiger partial charge in [0.2, 0.25) is 0 Å². The van der Waals surface area contributed by atoms with E-state index >= 15 is 0 Å². The summed E-state index contributed by atoms with van der Waals surface area (Å²) in [5.74, 6) is 1.22. The van der Waals surface area contributed by atoms with Gasteiger partial charge in [-0.25, -0.2) is 4.98 Å². The first kappa shape index (κ1) is 12.3. The Morgan fingerprint density at radius 2 is 1.83 bits per heavy atom. The number of rotatable bonds is 5. The highest BCUT2D eigenvalue weighted by Gasteiger charge is 2.00. The van der Waals surface area contributed by atoms with E-state index in [4.69, 9.17) is 15.2 Å². The maximum absolute atomic E-state index is 5.49. The third-order valence-electron chi connectivity index (χ3n) is 2.38. The Labute approximate surface area is 106 Å². The molecule has 1 heterocycles. The summed E-state index contributed by atoms with van der Waals surface area (Å²) in [5.41, 5.74) is 7.25. The molecule has 5 heteroatoms. The number of anilines is 1. The van der Waals surface area contributed by atoms with Crippen molar-refractivity contribution >= 4 is 5.82 Å². The number of ether oxygens (including phenoxy) is 2. The lowest BCUT2D eigenvalue weighted by Gasteiger charge is -2.06. The summed E-state index contributed by atoms with van der Waals surface area (Å²) in [4.78, 5) is 8.21. The van der Waals surface area contributed by atoms with Crippen LogP contribution < -0.4 is 10.5 Å². The fraction of sp³-hybridized carbons (Fsp3) is 0.231. The van der Waals surface area contributed by atoms with Crippen molar-refractivity contribution in [2.24, 2.45) is 0 Å². The highest BCUT2D eigenvalue weighted by Crippen LogP contribution is 2.20. The maximum atomic E-state index is 5.49. The molecule has 1 aromatic carbocycles. The summed E-state index contributed by atoms with van der Waals surface area (Å²) in [7, 11) is 1.65. The second-order valence-electron chi connectivity index (χ2n) is 3.69. The van der Waals surface area contributed by atoms with Crippen LogP contribution >= 0.6 is 0 Å². The molecule has 2 rings (SSSR count). The van der Waals surface area contributed by atoms with Crippen LogP contribution in [-0.4, -0.2) is 30.3 Å².